The van der Waals surface area contributed by atoms with Crippen LogP contribution in [0.15, 0.2) is 23.2 Å². The SMILES string of the molecule is CCN(CC)C1=NC(=O)[C@@H](CC(=O)Nc2ccc(Cl)c(Cl)c2)S1. The number of thioether (sulfide) groups is 1. The summed E-state index contributed by atoms with van der Waals surface area (Å²) >= 11 is 13.1. The topological polar surface area (TPSA) is 61.8 Å². The van der Waals surface area contributed by atoms with Crippen LogP contribution in [-0.4, -0.2) is 40.2 Å². The van der Waals surface area contributed by atoms with E-state index in [1.165, 1.54) is 11.8 Å². The summed E-state index contributed by atoms with van der Waals surface area (Å²) in [6.45, 7) is 5.55. The van der Waals surface area contributed by atoms with Crippen LogP contribution in [0.4, 0.5) is 5.69 Å². The van der Waals surface area contributed by atoms with Crippen LogP contribution in [-0.2, 0) is 9.59 Å². The van der Waals surface area contributed by atoms with Gasteiger partial charge in [-0.1, -0.05) is 35.0 Å². The molecule has 1 atom stereocenters. The fraction of sp³-hybridized carbons (Fsp3) is 0.400. The second kappa shape index (κ2) is 8.04. The summed E-state index contributed by atoms with van der Waals surface area (Å²) in [5.74, 6) is -0.522. The first kappa shape index (κ1) is 18.1. The predicted octanol–water partition coefficient (Wildman–Crippen LogP) is 3.66. The molecule has 0 aromatic heterocycles. The summed E-state index contributed by atoms with van der Waals surface area (Å²) in [6, 6.07) is 4.84. The Morgan fingerprint density at radius 3 is 2.61 bits per heavy atom. The van der Waals surface area contributed by atoms with Gasteiger partial charge in [-0.2, -0.15) is 4.99 Å². The van der Waals surface area contributed by atoms with Gasteiger partial charge in [-0.15, -0.1) is 0 Å². The fourth-order valence-electron chi connectivity index (χ4n) is 2.09. The number of nitrogens with zero attached hydrogens (tertiary/aromatic N) is 2. The van der Waals surface area contributed by atoms with Gasteiger partial charge < -0.3 is 10.2 Å². The number of hydrogen-bond donors (Lipinski definition) is 1. The van der Waals surface area contributed by atoms with Crippen molar-refractivity contribution < 1.29 is 9.59 Å². The molecule has 2 amide bonds. The second-order valence-electron chi connectivity index (χ2n) is 4.89. The van der Waals surface area contributed by atoms with Crippen LogP contribution >= 0.6 is 35.0 Å². The average molecular weight is 374 g/mol. The number of amides is 2. The van der Waals surface area contributed by atoms with E-state index < -0.39 is 5.25 Å². The van der Waals surface area contributed by atoms with Crippen LogP contribution in [0.2, 0.25) is 10.0 Å². The van der Waals surface area contributed by atoms with Gasteiger partial charge in [0, 0.05) is 25.2 Å². The Morgan fingerprint density at radius 2 is 2.00 bits per heavy atom. The summed E-state index contributed by atoms with van der Waals surface area (Å²) in [5, 5.41) is 3.71. The molecule has 0 spiro atoms. The van der Waals surface area contributed by atoms with Gasteiger partial charge in [-0.05, 0) is 32.0 Å². The summed E-state index contributed by atoms with van der Waals surface area (Å²) < 4.78 is 0. The number of carbonyl (C=O) groups excluding carboxylic acids is 2. The minimum absolute atomic E-state index is 0.0675. The zero-order valence-corrected chi connectivity index (χ0v) is 15.1. The van der Waals surface area contributed by atoms with Gasteiger partial charge in [0.2, 0.25) is 5.91 Å². The highest BCUT2D eigenvalue weighted by molar-refractivity contribution is 8.15. The first-order valence-electron chi connectivity index (χ1n) is 7.23. The molecule has 8 heteroatoms. The highest BCUT2D eigenvalue weighted by Crippen LogP contribution is 2.28. The lowest BCUT2D eigenvalue weighted by molar-refractivity contribution is -0.121. The Hall–Kier alpha value is -1.24. The highest BCUT2D eigenvalue weighted by Gasteiger charge is 2.32. The molecule has 1 aliphatic rings. The Balaban J connectivity index is 1.94. The molecule has 5 nitrogen and oxygen atoms in total. The molecule has 1 heterocycles. The van der Waals surface area contributed by atoms with Crippen molar-refractivity contribution in [3.8, 4) is 0 Å². The minimum Gasteiger partial charge on any atom is -0.352 e. The van der Waals surface area contributed by atoms with Crippen LogP contribution < -0.4 is 5.32 Å². The van der Waals surface area contributed by atoms with Gasteiger partial charge in [0.15, 0.2) is 5.17 Å². The van der Waals surface area contributed by atoms with E-state index in [2.05, 4.69) is 10.3 Å². The summed E-state index contributed by atoms with van der Waals surface area (Å²) in [7, 11) is 0. The number of benzene rings is 1. The van der Waals surface area contributed by atoms with E-state index in [0.29, 0.717) is 20.9 Å². The van der Waals surface area contributed by atoms with Crippen LogP contribution in [0.1, 0.15) is 20.3 Å². The lowest BCUT2D eigenvalue weighted by Gasteiger charge is -2.19. The molecule has 0 fully saturated rings. The Bertz CT molecular complexity index is 648. The third-order valence-corrected chi connectivity index (χ3v) is 5.29. The maximum atomic E-state index is 12.1. The van der Waals surface area contributed by atoms with E-state index >= 15 is 0 Å². The molecule has 0 saturated carbocycles. The number of halogens is 2. The molecule has 1 aliphatic heterocycles. The molecule has 124 valence electrons. The number of hydrogen-bond acceptors (Lipinski definition) is 4. The number of carbonyl (C=O) groups is 2. The van der Waals surface area contributed by atoms with Gasteiger partial charge in [0.05, 0.1) is 10.0 Å². The zero-order valence-electron chi connectivity index (χ0n) is 12.8. The average Bonchev–Trinajstić information content (AvgIpc) is 2.85. The minimum atomic E-state index is -0.478. The van der Waals surface area contributed by atoms with Crippen molar-refractivity contribution in [3.63, 3.8) is 0 Å². The normalized spacial score (nSPS) is 17.1. The Morgan fingerprint density at radius 1 is 1.30 bits per heavy atom. The molecule has 0 aliphatic carbocycles. The van der Waals surface area contributed by atoms with Crippen molar-refractivity contribution >= 4 is 57.6 Å². The number of rotatable bonds is 5. The Labute approximate surface area is 149 Å². The van der Waals surface area contributed by atoms with Gasteiger partial charge in [0.25, 0.3) is 5.91 Å². The van der Waals surface area contributed by atoms with E-state index in [4.69, 9.17) is 23.2 Å². The van der Waals surface area contributed by atoms with E-state index in [9.17, 15) is 9.59 Å². The van der Waals surface area contributed by atoms with Crippen molar-refractivity contribution in [2.45, 2.75) is 25.5 Å². The molecule has 0 unspecified atom stereocenters. The van der Waals surface area contributed by atoms with E-state index in [1.807, 2.05) is 18.7 Å². The van der Waals surface area contributed by atoms with E-state index in [1.54, 1.807) is 18.2 Å². The van der Waals surface area contributed by atoms with Crippen LogP contribution in [0.3, 0.4) is 0 Å². The van der Waals surface area contributed by atoms with Gasteiger partial charge in [-0.25, -0.2) is 0 Å². The number of anilines is 1. The maximum absolute atomic E-state index is 12.1. The number of aliphatic imine (C=N–C) groups is 1. The third-order valence-electron chi connectivity index (χ3n) is 3.34. The molecule has 2 rings (SSSR count). The standard InChI is InChI=1S/C15H17Cl2N3O2S/c1-3-20(4-2)15-19-14(22)12(23-15)8-13(21)18-9-5-6-10(16)11(17)7-9/h5-7,12H,3-4,8H2,1-2H3,(H,18,21)/t12-/m1/s1. The number of nitrogens with one attached hydrogen (secondary N) is 1. The highest BCUT2D eigenvalue weighted by atomic mass is 35.5. The predicted molar refractivity (Wildman–Crippen MR) is 96.5 cm³/mol. The van der Waals surface area contributed by atoms with E-state index in [-0.39, 0.29) is 18.2 Å². The third kappa shape index (κ3) is 4.62. The lowest BCUT2D eigenvalue weighted by Crippen LogP contribution is -2.27. The number of amidine groups is 1. The van der Waals surface area contributed by atoms with Crippen molar-refractivity contribution in [2.24, 2.45) is 4.99 Å². The summed E-state index contributed by atoms with van der Waals surface area (Å²) in [6.07, 6.45) is 0.0675. The van der Waals surface area contributed by atoms with Crippen molar-refractivity contribution in [3.05, 3.63) is 28.2 Å². The summed E-state index contributed by atoms with van der Waals surface area (Å²) in [4.78, 5) is 30.1. The monoisotopic (exact) mass is 373 g/mol. The van der Waals surface area contributed by atoms with Gasteiger partial charge in [-0.3, -0.25) is 9.59 Å². The molecule has 1 aromatic carbocycles. The molecule has 1 aromatic rings. The second-order valence-corrected chi connectivity index (χ2v) is 6.88. The molecule has 0 radical (unpaired) electrons. The van der Waals surface area contributed by atoms with Crippen LogP contribution in [0.25, 0.3) is 0 Å². The van der Waals surface area contributed by atoms with Gasteiger partial charge >= 0.3 is 0 Å². The van der Waals surface area contributed by atoms with Crippen molar-refractivity contribution in [1.82, 2.24) is 4.90 Å². The zero-order chi connectivity index (χ0) is 17.0. The van der Waals surface area contributed by atoms with Crippen molar-refractivity contribution in [2.75, 3.05) is 18.4 Å². The Kier molecular flexibility index (Phi) is 6.33. The largest absolute Gasteiger partial charge is 0.352 e. The smallest absolute Gasteiger partial charge is 0.262 e. The van der Waals surface area contributed by atoms with Gasteiger partial charge in [0.1, 0.15) is 5.25 Å². The maximum Gasteiger partial charge on any atom is 0.262 e. The van der Waals surface area contributed by atoms with Crippen LogP contribution in [0.5, 0.6) is 0 Å². The first-order chi connectivity index (χ1) is 10.9. The van der Waals surface area contributed by atoms with Crippen molar-refractivity contribution in [1.29, 1.82) is 0 Å². The lowest BCUT2D eigenvalue weighted by atomic mass is 10.2. The summed E-state index contributed by atoms with van der Waals surface area (Å²) in [5.41, 5.74) is 0.546. The molecule has 1 N–H and O–H groups in total. The first-order valence-corrected chi connectivity index (χ1v) is 8.87. The molecule has 23 heavy (non-hydrogen) atoms. The quantitative estimate of drug-likeness (QED) is 0.855. The molecular weight excluding hydrogens is 357 g/mol. The van der Waals surface area contributed by atoms with Crippen LogP contribution in [0, 0.1) is 0 Å². The molecular formula is C15H17Cl2N3O2S. The molecule has 0 saturated heterocycles. The molecule has 0 bridgehead atoms. The van der Waals surface area contributed by atoms with E-state index in [0.717, 1.165) is 13.1 Å². The fourth-order valence-corrected chi connectivity index (χ4v) is 3.58.